The highest BCUT2D eigenvalue weighted by molar-refractivity contribution is 7.92. The van der Waals surface area contributed by atoms with Crippen molar-refractivity contribution in [2.45, 2.75) is 67.9 Å². The number of halogens is 6. The van der Waals surface area contributed by atoms with Gasteiger partial charge in [0.2, 0.25) is 0 Å². The molecule has 5 rings (SSSR count). The van der Waals surface area contributed by atoms with E-state index in [-0.39, 0.29) is 35.1 Å². The van der Waals surface area contributed by atoms with E-state index in [1.807, 2.05) is 4.72 Å². The molecule has 37 heavy (non-hydrogen) atoms. The Kier molecular flexibility index (Phi) is 6.62. The van der Waals surface area contributed by atoms with Crippen LogP contribution in [-0.4, -0.2) is 21.1 Å². The SMILES string of the molecule is O=S(=O)(Nc1ccc(C(F)(F)F)c(C(F)(F)F)c1)c1ccc2c(c1)C1OCC[C@H]1C(C1CCCCC1)N2. The van der Waals surface area contributed by atoms with E-state index in [2.05, 4.69) is 5.32 Å². The van der Waals surface area contributed by atoms with Gasteiger partial charge in [-0.05, 0) is 61.6 Å². The minimum Gasteiger partial charge on any atom is -0.381 e. The highest BCUT2D eigenvalue weighted by Gasteiger charge is 2.45. The van der Waals surface area contributed by atoms with Gasteiger partial charge < -0.3 is 10.1 Å². The number of sulfonamides is 1. The van der Waals surface area contributed by atoms with Gasteiger partial charge in [0.25, 0.3) is 10.0 Å². The Morgan fingerprint density at radius 2 is 1.57 bits per heavy atom. The first-order chi connectivity index (χ1) is 17.3. The Labute approximate surface area is 210 Å². The molecule has 2 N–H and O–H groups in total. The van der Waals surface area contributed by atoms with Crippen LogP contribution in [0.1, 0.15) is 61.3 Å². The van der Waals surface area contributed by atoms with Crippen LogP contribution in [0.2, 0.25) is 0 Å². The molecule has 202 valence electrons. The molecule has 1 saturated heterocycles. The molecule has 2 aromatic carbocycles. The molecule has 0 amide bonds. The van der Waals surface area contributed by atoms with Crippen LogP contribution in [0.15, 0.2) is 41.3 Å². The van der Waals surface area contributed by atoms with E-state index >= 15 is 0 Å². The number of hydrogen-bond acceptors (Lipinski definition) is 4. The Balaban J connectivity index is 1.44. The summed E-state index contributed by atoms with van der Waals surface area (Å²) in [4.78, 5) is -0.216. The number of benzene rings is 2. The third-order valence-electron chi connectivity index (χ3n) is 7.60. The summed E-state index contributed by atoms with van der Waals surface area (Å²) < 4.78 is 113. The van der Waals surface area contributed by atoms with E-state index in [1.165, 1.54) is 31.4 Å². The molecule has 0 spiro atoms. The van der Waals surface area contributed by atoms with Gasteiger partial charge in [0, 0.05) is 35.5 Å². The maximum absolute atomic E-state index is 13.3. The molecule has 0 aromatic heterocycles. The van der Waals surface area contributed by atoms with Crippen molar-refractivity contribution in [3.05, 3.63) is 53.1 Å². The first kappa shape index (κ1) is 26.1. The van der Waals surface area contributed by atoms with Gasteiger partial charge in [-0.3, -0.25) is 4.72 Å². The number of hydrogen-bond donors (Lipinski definition) is 2. The fourth-order valence-electron chi connectivity index (χ4n) is 5.92. The predicted molar refractivity (Wildman–Crippen MR) is 124 cm³/mol. The Hall–Kier alpha value is -2.47. The van der Waals surface area contributed by atoms with Crippen LogP contribution in [0.5, 0.6) is 0 Å². The minimum atomic E-state index is -5.33. The van der Waals surface area contributed by atoms with Crippen LogP contribution >= 0.6 is 0 Å². The second-order valence-electron chi connectivity index (χ2n) is 9.92. The van der Waals surface area contributed by atoms with Crippen LogP contribution in [0.25, 0.3) is 0 Å². The van der Waals surface area contributed by atoms with E-state index in [1.54, 1.807) is 6.07 Å². The van der Waals surface area contributed by atoms with Crippen molar-refractivity contribution in [3.63, 3.8) is 0 Å². The van der Waals surface area contributed by atoms with Gasteiger partial charge in [-0.15, -0.1) is 0 Å². The summed E-state index contributed by atoms with van der Waals surface area (Å²) >= 11 is 0. The second-order valence-corrected chi connectivity index (χ2v) is 11.6. The average Bonchev–Trinajstić information content (AvgIpc) is 3.33. The number of ether oxygens (including phenoxy) is 1. The molecule has 0 radical (unpaired) electrons. The number of alkyl halides is 6. The van der Waals surface area contributed by atoms with Crippen LogP contribution < -0.4 is 10.0 Å². The molecule has 3 atom stereocenters. The average molecular weight is 549 g/mol. The molecule has 2 heterocycles. The van der Waals surface area contributed by atoms with E-state index in [4.69, 9.17) is 4.74 Å². The van der Waals surface area contributed by atoms with Gasteiger partial charge in [0.05, 0.1) is 22.1 Å². The summed E-state index contributed by atoms with van der Waals surface area (Å²) in [5.74, 6) is 0.675. The molecular weight excluding hydrogens is 522 g/mol. The molecule has 0 bridgehead atoms. The van der Waals surface area contributed by atoms with Crippen LogP contribution in [0, 0.1) is 11.8 Å². The lowest BCUT2D eigenvalue weighted by atomic mass is 9.73. The highest BCUT2D eigenvalue weighted by atomic mass is 32.2. The van der Waals surface area contributed by atoms with Crippen LogP contribution in [0.3, 0.4) is 0 Å². The Morgan fingerprint density at radius 3 is 2.24 bits per heavy atom. The number of rotatable bonds is 4. The summed E-state index contributed by atoms with van der Waals surface area (Å²) in [6.45, 7) is 0.542. The lowest BCUT2D eigenvalue weighted by molar-refractivity contribution is -0.162. The smallest absolute Gasteiger partial charge is 0.381 e. The lowest BCUT2D eigenvalue weighted by Gasteiger charge is -2.42. The van der Waals surface area contributed by atoms with E-state index in [9.17, 15) is 34.8 Å². The van der Waals surface area contributed by atoms with Crippen molar-refractivity contribution < 1.29 is 39.5 Å². The van der Waals surface area contributed by atoms with Gasteiger partial charge in [-0.25, -0.2) is 8.42 Å². The zero-order valence-electron chi connectivity index (χ0n) is 19.6. The maximum Gasteiger partial charge on any atom is 0.417 e. The fourth-order valence-corrected chi connectivity index (χ4v) is 7.00. The van der Waals surface area contributed by atoms with Crippen molar-refractivity contribution >= 4 is 21.4 Å². The van der Waals surface area contributed by atoms with Crippen molar-refractivity contribution in [3.8, 4) is 0 Å². The quantitative estimate of drug-likeness (QED) is 0.405. The van der Waals surface area contributed by atoms with Crippen molar-refractivity contribution in [1.29, 1.82) is 0 Å². The Morgan fingerprint density at radius 1 is 0.865 bits per heavy atom. The van der Waals surface area contributed by atoms with Crippen molar-refractivity contribution in [2.75, 3.05) is 16.6 Å². The molecule has 2 unspecified atom stereocenters. The van der Waals surface area contributed by atoms with Crippen LogP contribution in [0.4, 0.5) is 37.7 Å². The third-order valence-corrected chi connectivity index (χ3v) is 8.98. The largest absolute Gasteiger partial charge is 0.417 e. The van der Waals surface area contributed by atoms with Gasteiger partial charge >= 0.3 is 12.4 Å². The molecule has 1 aliphatic carbocycles. The van der Waals surface area contributed by atoms with Gasteiger partial charge in [-0.1, -0.05) is 19.3 Å². The minimum absolute atomic E-state index is 0.158. The maximum atomic E-state index is 13.3. The summed E-state index contributed by atoms with van der Waals surface area (Å²) in [5, 5.41) is 3.58. The number of anilines is 2. The normalized spacial score (nSPS) is 24.8. The van der Waals surface area contributed by atoms with Crippen LogP contribution in [-0.2, 0) is 27.1 Å². The van der Waals surface area contributed by atoms with Gasteiger partial charge in [0.15, 0.2) is 0 Å². The van der Waals surface area contributed by atoms with E-state index < -0.39 is 39.2 Å². The first-order valence-electron chi connectivity index (χ1n) is 12.2. The summed E-state index contributed by atoms with van der Waals surface area (Å²) in [6, 6.07) is 5.64. The molecule has 2 aromatic rings. The first-order valence-corrected chi connectivity index (χ1v) is 13.7. The fraction of sp³-hybridized carbons (Fsp3) is 0.520. The van der Waals surface area contributed by atoms with E-state index in [0.29, 0.717) is 24.2 Å². The second kappa shape index (κ2) is 9.37. The number of fused-ring (bicyclic) bond motifs is 3. The molecule has 1 saturated carbocycles. The summed E-state index contributed by atoms with van der Waals surface area (Å²) in [7, 11) is -4.40. The van der Waals surface area contributed by atoms with E-state index in [0.717, 1.165) is 24.9 Å². The summed E-state index contributed by atoms with van der Waals surface area (Å²) in [6.07, 6.45) is -4.22. The Bertz CT molecular complexity index is 1270. The monoisotopic (exact) mass is 548 g/mol. The van der Waals surface area contributed by atoms with Gasteiger partial charge in [-0.2, -0.15) is 26.3 Å². The van der Waals surface area contributed by atoms with Crippen molar-refractivity contribution in [2.24, 2.45) is 11.8 Å². The predicted octanol–water partition coefficient (Wildman–Crippen LogP) is 6.98. The molecule has 3 aliphatic rings. The van der Waals surface area contributed by atoms with Crippen molar-refractivity contribution in [1.82, 2.24) is 0 Å². The zero-order chi connectivity index (χ0) is 26.6. The topological polar surface area (TPSA) is 67.4 Å². The highest BCUT2D eigenvalue weighted by Crippen LogP contribution is 2.49. The lowest BCUT2D eigenvalue weighted by Crippen LogP contribution is -2.42. The van der Waals surface area contributed by atoms with Gasteiger partial charge in [0.1, 0.15) is 0 Å². The molecule has 2 aliphatic heterocycles. The summed E-state index contributed by atoms with van der Waals surface area (Å²) in [5.41, 5.74) is -3.07. The molecular formula is C25H26F6N2O3S. The molecule has 12 heteroatoms. The standard InChI is InChI=1S/C25H26F6N2O3S/c26-24(27,28)19-8-6-15(12-20(19)25(29,30)31)33-37(34,35)16-7-9-21-18(13-16)23-17(10-11-36-23)22(32-21)14-4-2-1-3-5-14/h6-9,12-14,17,22-23,32-33H,1-5,10-11H2/t17-,22?,23?/m0/s1. The third kappa shape index (κ3) is 5.14. The molecule has 5 nitrogen and oxygen atoms in total. The number of nitrogens with one attached hydrogen (secondary N) is 2. The zero-order valence-corrected chi connectivity index (χ0v) is 20.4. The molecule has 2 fully saturated rings.